The van der Waals surface area contributed by atoms with Gasteiger partial charge in [0.2, 0.25) is 5.82 Å². The summed E-state index contributed by atoms with van der Waals surface area (Å²) in [7, 11) is 0. The van der Waals surface area contributed by atoms with Crippen molar-refractivity contribution >= 4 is 29.3 Å². The number of anilines is 1. The molecule has 5 rings (SSSR count). The third-order valence-electron chi connectivity index (χ3n) is 5.86. The molecular weight excluding hydrogens is 458 g/mol. The van der Waals surface area contributed by atoms with Gasteiger partial charge in [-0.3, -0.25) is 9.59 Å². The number of carbonyl (C=O) groups excluding carboxylic acids is 2. The molecule has 35 heavy (non-hydrogen) atoms. The quantitative estimate of drug-likeness (QED) is 0.446. The first kappa shape index (κ1) is 22.9. The second-order valence-corrected chi connectivity index (χ2v) is 9.49. The van der Waals surface area contributed by atoms with Gasteiger partial charge in [0.1, 0.15) is 0 Å². The van der Waals surface area contributed by atoms with E-state index in [1.54, 1.807) is 16.8 Å². The lowest BCUT2D eigenvalue weighted by Gasteiger charge is -2.26. The molecule has 1 saturated heterocycles. The average Bonchev–Trinajstić information content (AvgIpc) is 3.37. The molecule has 0 unspecified atom stereocenters. The lowest BCUT2D eigenvalue weighted by atomic mass is 10.1. The van der Waals surface area contributed by atoms with E-state index in [0.29, 0.717) is 17.1 Å². The van der Waals surface area contributed by atoms with Crippen LogP contribution < -0.4 is 5.32 Å². The van der Waals surface area contributed by atoms with E-state index in [4.69, 9.17) is 0 Å². The maximum Gasteiger partial charge on any atom is 0.295 e. The van der Waals surface area contributed by atoms with E-state index in [2.05, 4.69) is 15.4 Å². The number of rotatable bonds is 5. The Morgan fingerprint density at radius 1 is 0.914 bits per heavy atom. The van der Waals surface area contributed by atoms with Crippen LogP contribution in [-0.2, 0) is 0 Å². The van der Waals surface area contributed by atoms with E-state index in [0.717, 1.165) is 41.4 Å². The van der Waals surface area contributed by atoms with Gasteiger partial charge in [-0.2, -0.15) is 11.8 Å². The molecule has 0 atom stereocenters. The number of thioether (sulfide) groups is 1. The van der Waals surface area contributed by atoms with E-state index in [-0.39, 0.29) is 11.7 Å². The molecule has 0 radical (unpaired) electrons. The number of aryl methyl sites for hydroxylation is 1. The first-order valence-corrected chi connectivity index (χ1v) is 12.6. The fourth-order valence-electron chi connectivity index (χ4n) is 4.00. The van der Waals surface area contributed by atoms with Crippen molar-refractivity contribution in [2.45, 2.75) is 6.92 Å². The number of aromatic nitrogens is 3. The minimum atomic E-state index is -0.410. The van der Waals surface area contributed by atoms with Crippen LogP contribution in [0.5, 0.6) is 0 Å². The Morgan fingerprint density at radius 3 is 2.29 bits per heavy atom. The smallest absolute Gasteiger partial charge is 0.295 e. The highest BCUT2D eigenvalue weighted by atomic mass is 32.2. The Bertz CT molecular complexity index is 1290. The Labute approximate surface area is 208 Å². The van der Waals surface area contributed by atoms with Gasteiger partial charge in [0.15, 0.2) is 5.82 Å². The standard InChI is InChI=1S/C27H25N5O2S/c1-19-18-21(27(34)31-14-16-35-17-15-31)12-13-23(19)28-26(33)24-29-25(20-8-4-2-5-9-20)32(30-24)22-10-6-3-7-11-22/h2-13,18H,14-17H2,1H3,(H,28,33). The van der Waals surface area contributed by atoms with Gasteiger partial charge < -0.3 is 10.2 Å². The summed E-state index contributed by atoms with van der Waals surface area (Å²) in [4.78, 5) is 32.4. The van der Waals surface area contributed by atoms with Crippen LogP contribution in [0.1, 0.15) is 26.5 Å². The summed E-state index contributed by atoms with van der Waals surface area (Å²) in [5.41, 5.74) is 3.73. The largest absolute Gasteiger partial charge is 0.337 e. The highest BCUT2D eigenvalue weighted by Crippen LogP contribution is 2.23. The maximum atomic E-state index is 13.1. The number of hydrogen-bond acceptors (Lipinski definition) is 5. The molecule has 2 heterocycles. The van der Waals surface area contributed by atoms with Crippen LogP contribution in [0.2, 0.25) is 0 Å². The van der Waals surface area contributed by atoms with E-state index < -0.39 is 5.91 Å². The third kappa shape index (κ3) is 4.97. The van der Waals surface area contributed by atoms with Crippen molar-refractivity contribution in [3.05, 3.63) is 95.8 Å². The molecule has 0 saturated carbocycles. The summed E-state index contributed by atoms with van der Waals surface area (Å²) in [6, 6.07) is 24.6. The Kier molecular flexibility index (Phi) is 6.63. The van der Waals surface area contributed by atoms with Gasteiger partial charge in [0, 0.05) is 41.4 Å². The van der Waals surface area contributed by atoms with Gasteiger partial charge in [-0.15, -0.1) is 5.10 Å². The molecule has 0 aliphatic carbocycles. The van der Waals surface area contributed by atoms with Crippen molar-refractivity contribution in [1.82, 2.24) is 19.7 Å². The molecular formula is C27H25N5O2S. The normalized spacial score (nSPS) is 13.5. The SMILES string of the molecule is Cc1cc(C(=O)N2CCSCC2)ccc1NC(=O)c1nc(-c2ccccc2)n(-c2ccccc2)n1. The molecule has 7 nitrogen and oxygen atoms in total. The van der Waals surface area contributed by atoms with E-state index >= 15 is 0 Å². The van der Waals surface area contributed by atoms with Gasteiger partial charge in [-0.25, -0.2) is 9.67 Å². The van der Waals surface area contributed by atoms with Crippen molar-refractivity contribution in [2.24, 2.45) is 0 Å². The van der Waals surface area contributed by atoms with Crippen molar-refractivity contribution in [3.63, 3.8) is 0 Å². The molecule has 4 aromatic rings. The van der Waals surface area contributed by atoms with E-state index in [9.17, 15) is 9.59 Å². The monoisotopic (exact) mass is 483 g/mol. The van der Waals surface area contributed by atoms with Crippen LogP contribution >= 0.6 is 11.8 Å². The van der Waals surface area contributed by atoms with Crippen LogP contribution in [0.4, 0.5) is 5.69 Å². The lowest BCUT2D eigenvalue weighted by Crippen LogP contribution is -2.37. The number of carbonyl (C=O) groups is 2. The first-order valence-electron chi connectivity index (χ1n) is 11.5. The van der Waals surface area contributed by atoms with Crippen LogP contribution in [0.3, 0.4) is 0 Å². The molecule has 1 N–H and O–H groups in total. The summed E-state index contributed by atoms with van der Waals surface area (Å²) in [5.74, 6) is 2.20. The van der Waals surface area contributed by atoms with Gasteiger partial charge in [-0.1, -0.05) is 48.5 Å². The van der Waals surface area contributed by atoms with Crippen molar-refractivity contribution in [2.75, 3.05) is 29.9 Å². The lowest BCUT2D eigenvalue weighted by molar-refractivity contribution is 0.0772. The Balaban J connectivity index is 1.40. The van der Waals surface area contributed by atoms with Crippen LogP contribution in [-0.4, -0.2) is 56.1 Å². The average molecular weight is 484 g/mol. The molecule has 2 amide bonds. The summed E-state index contributed by atoms with van der Waals surface area (Å²) >= 11 is 1.87. The third-order valence-corrected chi connectivity index (χ3v) is 6.81. The molecule has 8 heteroatoms. The summed E-state index contributed by atoms with van der Waals surface area (Å²) in [6.45, 7) is 3.41. The van der Waals surface area contributed by atoms with Crippen molar-refractivity contribution < 1.29 is 9.59 Å². The zero-order chi connectivity index (χ0) is 24.2. The van der Waals surface area contributed by atoms with Gasteiger partial charge in [-0.05, 0) is 42.8 Å². The number of hydrogen-bond donors (Lipinski definition) is 1. The molecule has 176 valence electrons. The summed E-state index contributed by atoms with van der Waals surface area (Å²) < 4.78 is 1.68. The first-order chi connectivity index (χ1) is 17.1. The van der Waals surface area contributed by atoms with Crippen LogP contribution in [0, 0.1) is 6.92 Å². The van der Waals surface area contributed by atoms with Gasteiger partial charge >= 0.3 is 0 Å². The number of benzene rings is 3. The molecule has 1 aliphatic rings. The van der Waals surface area contributed by atoms with Gasteiger partial charge in [0.25, 0.3) is 11.8 Å². The number of para-hydroxylation sites is 1. The fraction of sp³-hybridized carbons (Fsp3) is 0.185. The summed E-state index contributed by atoms with van der Waals surface area (Å²) in [5, 5.41) is 7.43. The van der Waals surface area contributed by atoms with Gasteiger partial charge in [0.05, 0.1) is 5.69 Å². The number of nitrogens with one attached hydrogen (secondary N) is 1. The predicted molar refractivity (Wildman–Crippen MR) is 139 cm³/mol. The zero-order valence-electron chi connectivity index (χ0n) is 19.3. The van der Waals surface area contributed by atoms with Crippen molar-refractivity contribution in [3.8, 4) is 17.1 Å². The molecule has 1 fully saturated rings. The minimum absolute atomic E-state index is 0.0297. The topological polar surface area (TPSA) is 80.1 Å². The molecule has 1 aromatic heterocycles. The van der Waals surface area contributed by atoms with Crippen LogP contribution in [0.25, 0.3) is 17.1 Å². The molecule has 0 spiro atoms. The molecule has 1 aliphatic heterocycles. The zero-order valence-corrected chi connectivity index (χ0v) is 20.2. The van der Waals surface area contributed by atoms with E-state index in [1.807, 2.05) is 90.3 Å². The Hall–Kier alpha value is -3.91. The number of amides is 2. The second-order valence-electron chi connectivity index (χ2n) is 8.26. The van der Waals surface area contributed by atoms with Crippen LogP contribution in [0.15, 0.2) is 78.9 Å². The molecule has 3 aromatic carbocycles. The number of nitrogens with zero attached hydrogens (tertiary/aromatic N) is 4. The molecule has 0 bridgehead atoms. The highest BCUT2D eigenvalue weighted by molar-refractivity contribution is 7.99. The predicted octanol–water partition coefficient (Wildman–Crippen LogP) is 4.68. The summed E-state index contributed by atoms with van der Waals surface area (Å²) in [6.07, 6.45) is 0. The maximum absolute atomic E-state index is 13.1. The highest BCUT2D eigenvalue weighted by Gasteiger charge is 2.21. The fourth-order valence-corrected chi connectivity index (χ4v) is 4.90. The van der Waals surface area contributed by atoms with Crippen molar-refractivity contribution in [1.29, 1.82) is 0 Å². The Morgan fingerprint density at radius 2 is 1.60 bits per heavy atom. The second kappa shape index (κ2) is 10.1. The minimum Gasteiger partial charge on any atom is -0.337 e. The van der Waals surface area contributed by atoms with E-state index in [1.165, 1.54) is 0 Å².